The number of rotatable bonds is 5. The van der Waals surface area contributed by atoms with Gasteiger partial charge < -0.3 is 4.57 Å². The van der Waals surface area contributed by atoms with E-state index in [1.807, 2.05) is 62.0 Å². The lowest BCUT2D eigenvalue weighted by atomic mass is 10.2. The number of nitrogens with one attached hydrogen (secondary N) is 1. The van der Waals surface area contributed by atoms with Crippen LogP contribution in [-0.4, -0.2) is 18.0 Å². The highest BCUT2D eigenvalue weighted by Crippen LogP contribution is 2.29. The van der Waals surface area contributed by atoms with Gasteiger partial charge >= 0.3 is 0 Å². The van der Waals surface area contributed by atoms with Gasteiger partial charge in [-0.1, -0.05) is 29.8 Å². The molecule has 1 aromatic carbocycles. The first-order valence-corrected chi connectivity index (χ1v) is 10.3. The van der Waals surface area contributed by atoms with Gasteiger partial charge in [-0.3, -0.25) is 0 Å². The standard InChI is InChI=1S/C18H21N3O2S2/c1-12-5-7-15(8-6-12)10-19-25(22,23)17-9-16(21(4)14(17)3)18-20-13(2)11-24-18/h5-9,11,19H,10H2,1-4H3. The van der Waals surface area contributed by atoms with E-state index in [4.69, 9.17) is 0 Å². The minimum absolute atomic E-state index is 0.267. The average molecular weight is 376 g/mol. The Morgan fingerprint density at radius 1 is 1.16 bits per heavy atom. The third-order valence-electron chi connectivity index (χ3n) is 4.20. The van der Waals surface area contributed by atoms with E-state index < -0.39 is 10.0 Å². The molecule has 7 heteroatoms. The SMILES string of the molecule is Cc1ccc(CNS(=O)(=O)c2cc(-c3nc(C)cs3)n(C)c2C)cc1. The Balaban J connectivity index is 1.88. The van der Waals surface area contributed by atoms with Crippen LogP contribution < -0.4 is 4.72 Å². The summed E-state index contributed by atoms with van der Waals surface area (Å²) >= 11 is 1.51. The first-order chi connectivity index (χ1) is 11.8. The van der Waals surface area contributed by atoms with Gasteiger partial charge in [-0.15, -0.1) is 11.3 Å². The maximum Gasteiger partial charge on any atom is 0.242 e. The van der Waals surface area contributed by atoms with Crippen molar-refractivity contribution in [2.45, 2.75) is 32.2 Å². The molecule has 3 aromatic rings. The normalized spacial score (nSPS) is 11.8. The van der Waals surface area contributed by atoms with Gasteiger partial charge in [-0.2, -0.15) is 0 Å². The lowest BCUT2D eigenvalue weighted by molar-refractivity contribution is 0.580. The number of aryl methyl sites for hydroxylation is 2. The highest BCUT2D eigenvalue weighted by atomic mass is 32.2. The van der Waals surface area contributed by atoms with E-state index in [0.29, 0.717) is 10.6 Å². The zero-order valence-corrected chi connectivity index (χ0v) is 16.3. The molecule has 0 unspecified atom stereocenters. The molecular formula is C18H21N3O2S2. The zero-order chi connectivity index (χ0) is 18.2. The molecule has 3 rings (SSSR count). The summed E-state index contributed by atoms with van der Waals surface area (Å²) in [5, 5.41) is 2.78. The maximum absolute atomic E-state index is 12.8. The summed E-state index contributed by atoms with van der Waals surface area (Å²) in [6, 6.07) is 9.50. The molecule has 0 spiro atoms. The molecular weight excluding hydrogens is 354 g/mol. The van der Waals surface area contributed by atoms with Gasteiger partial charge in [0.2, 0.25) is 10.0 Å². The van der Waals surface area contributed by atoms with Gasteiger partial charge in [0, 0.05) is 30.4 Å². The van der Waals surface area contributed by atoms with Gasteiger partial charge in [-0.25, -0.2) is 18.1 Å². The van der Waals surface area contributed by atoms with Gasteiger partial charge in [0.05, 0.1) is 5.69 Å². The third-order valence-corrected chi connectivity index (χ3v) is 6.70. The van der Waals surface area contributed by atoms with Crippen molar-refractivity contribution in [3.05, 3.63) is 58.2 Å². The monoisotopic (exact) mass is 375 g/mol. The van der Waals surface area contributed by atoms with Crippen LogP contribution in [-0.2, 0) is 23.6 Å². The van der Waals surface area contributed by atoms with Crippen LogP contribution in [0.15, 0.2) is 40.6 Å². The number of sulfonamides is 1. The fourth-order valence-corrected chi connectivity index (χ4v) is 4.74. The van der Waals surface area contributed by atoms with Gasteiger partial charge in [0.15, 0.2) is 0 Å². The van der Waals surface area contributed by atoms with Crippen molar-refractivity contribution >= 4 is 21.4 Å². The number of thiazole rings is 1. The summed E-state index contributed by atoms with van der Waals surface area (Å²) in [6.07, 6.45) is 0. The third kappa shape index (κ3) is 3.68. The molecule has 2 aromatic heterocycles. The molecule has 0 amide bonds. The predicted molar refractivity (Wildman–Crippen MR) is 101 cm³/mol. The van der Waals surface area contributed by atoms with Crippen LogP contribution in [0, 0.1) is 20.8 Å². The number of hydrogen-bond donors (Lipinski definition) is 1. The van der Waals surface area contributed by atoms with Gasteiger partial charge in [-0.05, 0) is 32.4 Å². The first-order valence-electron chi connectivity index (χ1n) is 7.92. The molecule has 0 aliphatic heterocycles. The van der Waals surface area contributed by atoms with Crippen molar-refractivity contribution in [2.24, 2.45) is 7.05 Å². The van der Waals surface area contributed by atoms with E-state index in [1.54, 1.807) is 6.07 Å². The Labute approximate surface area is 152 Å². The molecule has 0 radical (unpaired) electrons. The lowest BCUT2D eigenvalue weighted by Crippen LogP contribution is -2.23. The molecule has 0 fully saturated rings. The highest BCUT2D eigenvalue weighted by molar-refractivity contribution is 7.89. The van der Waals surface area contributed by atoms with Crippen LogP contribution in [0.3, 0.4) is 0 Å². The Morgan fingerprint density at radius 3 is 2.44 bits per heavy atom. The molecule has 0 aliphatic rings. The number of nitrogens with zero attached hydrogens (tertiary/aromatic N) is 2. The molecule has 0 atom stereocenters. The van der Waals surface area contributed by atoms with E-state index in [1.165, 1.54) is 11.3 Å². The Hall–Kier alpha value is -1.96. The van der Waals surface area contributed by atoms with Crippen molar-refractivity contribution in [1.82, 2.24) is 14.3 Å². The molecule has 0 aliphatic carbocycles. The summed E-state index contributed by atoms with van der Waals surface area (Å²) in [4.78, 5) is 4.76. The van der Waals surface area contributed by atoms with E-state index in [2.05, 4.69) is 9.71 Å². The van der Waals surface area contributed by atoms with Crippen molar-refractivity contribution in [3.63, 3.8) is 0 Å². The maximum atomic E-state index is 12.8. The minimum atomic E-state index is -3.60. The van der Waals surface area contributed by atoms with Crippen molar-refractivity contribution in [1.29, 1.82) is 0 Å². The minimum Gasteiger partial charge on any atom is -0.345 e. The molecule has 25 heavy (non-hydrogen) atoms. The summed E-state index contributed by atoms with van der Waals surface area (Å²) in [7, 11) is -1.73. The van der Waals surface area contributed by atoms with Crippen molar-refractivity contribution < 1.29 is 8.42 Å². The fraction of sp³-hybridized carbons (Fsp3) is 0.278. The highest BCUT2D eigenvalue weighted by Gasteiger charge is 2.23. The number of benzene rings is 1. The van der Waals surface area contributed by atoms with E-state index >= 15 is 0 Å². The van der Waals surface area contributed by atoms with Crippen LogP contribution in [0.4, 0.5) is 0 Å². The first kappa shape index (κ1) is 17.8. The molecule has 1 N–H and O–H groups in total. The predicted octanol–water partition coefficient (Wildman–Crippen LogP) is 3.55. The molecule has 0 bridgehead atoms. The second-order valence-corrected chi connectivity index (χ2v) is 8.74. The van der Waals surface area contributed by atoms with Crippen LogP contribution in [0.25, 0.3) is 10.7 Å². The zero-order valence-electron chi connectivity index (χ0n) is 14.7. The van der Waals surface area contributed by atoms with E-state index in [0.717, 1.165) is 27.5 Å². The van der Waals surface area contributed by atoms with E-state index in [9.17, 15) is 8.42 Å². The van der Waals surface area contributed by atoms with Gasteiger partial charge in [0.25, 0.3) is 0 Å². The molecule has 0 saturated heterocycles. The topological polar surface area (TPSA) is 64.0 Å². The van der Waals surface area contributed by atoms with E-state index in [-0.39, 0.29) is 6.54 Å². The summed E-state index contributed by atoms with van der Waals surface area (Å²) in [5.74, 6) is 0. The van der Waals surface area contributed by atoms with Crippen LogP contribution >= 0.6 is 11.3 Å². The van der Waals surface area contributed by atoms with Crippen LogP contribution in [0.2, 0.25) is 0 Å². The summed E-state index contributed by atoms with van der Waals surface area (Å²) < 4.78 is 30.1. The van der Waals surface area contributed by atoms with Gasteiger partial charge in [0.1, 0.15) is 9.90 Å². The second-order valence-electron chi connectivity index (χ2n) is 6.14. The Bertz CT molecular complexity index is 1000. The number of hydrogen-bond acceptors (Lipinski definition) is 4. The van der Waals surface area contributed by atoms with Crippen LogP contribution in [0.1, 0.15) is 22.5 Å². The Morgan fingerprint density at radius 2 is 1.84 bits per heavy atom. The molecule has 0 saturated carbocycles. The van der Waals surface area contributed by atoms with Crippen molar-refractivity contribution in [2.75, 3.05) is 0 Å². The summed E-state index contributed by atoms with van der Waals surface area (Å²) in [5.41, 5.74) is 4.51. The second kappa shape index (κ2) is 6.74. The average Bonchev–Trinajstić information content (AvgIpc) is 3.12. The largest absolute Gasteiger partial charge is 0.345 e. The summed E-state index contributed by atoms with van der Waals surface area (Å²) in [6.45, 7) is 6.01. The number of aromatic nitrogens is 2. The lowest BCUT2D eigenvalue weighted by Gasteiger charge is -2.07. The molecule has 2 heterocycles. The van der Waals surface area contributed by atoms with Crippen molar-refractivity contribution in [3.8, 4) is 10.7 Å². The van der Waals surface area contributed by atoms with Crippen LogP contribution in [0.5, 0.6) is 0 Å². The smallest absolute Gasteiger partial charge is 0.242 e. The molecule has 5 nitrogen and oxygen atoms in total. The fourth-order valence-electron chi connectivity index (χ4n) is 2.58. The Kier molecular flexibility index (Phi) is 4.81. The quantitative estimate of drug-likeness (QED) is 0.742. The molecule has 132 valence electrons.